The molecule has 1 unspecified atom stereocenters. The molecule has 1 amide bonds. The van der Waals surface area contributed by atoms with Crippen molar-refractivity contribution in [2.24, 2.45) is 7.05 Å². The van der Waals surface area contributed by atoms with Gasteiger partial charge in [0.2, 0.25) is 0 Å². The number of para-hydroxylation sites is 1. The highest BCUT2D eigenvalue weighted by molar-refractivity contribution is 5.92. The van der Waals surface area contributed by atoms with Crippen molar-refractivity contribution in [3.63, 3.8) is 0 Å². The molecule has 2 N–H and O–H groups in total. The molecule has 0 saturated carbocycles. The van der Waals surface area contributed by atoms with E-state index < -0.39 is 6.10 Å². The SMILES string of the molecule is Cc1cc(C(=O)NCC(O)c2cn(C)c3ccccc23)no1. The van der Waals surface area contributed by atoms with Crippen molar-refractivity contribution in [1.29, 1.82) is 0 Å². The van der Waals surface area contributed by atoms with Gasteiger partial charge in [0.05, 0.1) is 6.10 Å². The first kappa shape index (κ1) is 14.3. The third-order valence-corrected chi connectivity index (χ3v) is 3.60. The van der Waals surface area contributed by atoms with E-state index in [1.165, 1.54) is 0 Å². The Morgan fingerprint density at radius 3 is 2.95 bits per heavy atom. The fourth-order valence-electron chi connectivity index (χ4n) is 2.50. The van der Waals surface area contributed by atoms with Crippen LogP contribution in [0.2, 0.25) is 0 Å². The lowest BCUT2D eigenvalue weighted by molar-refractivity contribution is 0.0908. The Morgan fingerprint density at radius 1 is 1.45 bits per heavy atom. The molecule has 0 radical (unpaired) electrons. The Kier molecular flexibility index (Phi) is 3.68. The Bertz CT molecular complexity index is 819. The van der Waals surface area contributed by atoms with Crippen molar-refractivity contribution in [2.45, 2.75) is 13.0 Å². The number of carbonyl (C=O) groups excluding carboxylic acids is 1. The zero-order chi connectivity index (χ0) is 15.7. The van der Waals surface area contributed by atoms with E-state index in [4.69, 9.17) is 4.52 Å². The molecule has 0 aliphatic heterocycles. The summed E-state index contributed by atoms with van der Waals surface area (Å²) >= 11 is 0. The molecular weight excluding hydrogens is 282 g/mol. The minimum atomic E-state index is -0.789. The molecule has 0 aliphatic rings. The summed E-state index contributed by atoms with van der Waals surface area (Å²) in [5, 5.41) is 17.6. The van der Waals surface area contributed by atoms with Crippen LogP contribution in [-0.2, 0) is 7.05 Å². The molecule has 0 fully saturated rings. The average molecular weight is 299 g/mol. The molecule has 2 aromatic heterocycles. The fraction of sp³-hybridized carbons (Fsp3) is 0.250. The van der Waals surface area contributed by atoms with Crippen LogP contribution in [0.5, 0.6) is 0 Å². The molecule has 0 spiro atoms. The van der Waals surface area contributed by atoms with E-state index in [9.17, 15) is 9.90 Å². The largest absolute Gasteiger partial charge is 0.386 e. The van der Waals surface area contributed by atoms with Gasteiger partial charge in [-0.05, 0) is 13.0 Å². The highest BCUT2D eigenvalue weighted by Crippen LogP contribution is 2.25. The molecule has 2 heterocycles. The Labute approximate surface area is 127 Å². The van der Waals surface area contributed by atoms with E-state index in [2.05, 4.69) is 10.5 Å². The molecule has 0 aliphatic carbocycles. The molecular formula is C16H17N3O3. The molecule has 3 rings (SSSR count). The predicted octanol–water partition coefficient (Wildman–Crippen LogP) is 1.94. The maximum absolute atomic E-state index is 11.9. The molecule has 6 nitrogen and oxygen atoms in total. The van der Waals surface area contributed by atoms with Crippen LogP contribution in [-0.4, -0.2) is 27.3 Å². The zero-order valence-electron chi connectivity index (χ0n) is 12.4. The number of aryl methyl sites for hydroxylation is 2. The topological polar surface area (TPSA) is 80.3 Å². The second kappa shape index (κ2) is 5.65. The van der Waals surface area contributed by atoms with Gasteiger partial charge >= 0.3 is 0 Å². The van der Waals surface area contributed by atoms with Gasteiger partial charge in [-0.2, -0.15) is 0 Å². The van der Waals surface area contributed by atoms with E-state index in [0.717, 1.165) is 16.5 Å². The quantitative estimate of drug-likeness (QED) is 0.771. The van der Waals surface area contributed by atoms with Crippen molar-refractivity contribution in [2.75, 3.05) is 6.54 Å². The summed E-state index contributed by atoms with van der Waals surface area (Å²) in [6.07, 6.45) is 1.09. The number of benzene rings is 1. The van der Waals surface area contributed by atoms with Gasteiger partial charge in [0.25, 0.3) is 5.91 Å². The van der Waals surface area contributed by atoms with Gasteiger partial charge in [0.1, 0.15) is 5.76 Å². The number of hydrogen-bond acceptors (Lipinski definition) is 4. The molecule has 1 aromatic carbocycles. The second-order valence-corrected chi connectivity index (χ2v) is 5.26. The highest BCUT2D eigenvalue weighted by Gasteiger charge is 2.17. The minimum Gasteiger partial charge on any atom is -0.386 e. The fourth-order valence-corrected chi connectivity index (χ4v) is 2.50. The van der Waals surface area contributed by atoms with Crippen LogP contribution in [0.3, 0.4) is 0 Å². The van der Waals surface area contributed by atoms with Crippen molar-refractivity contribution in [3.8, 4) is 0 Å². The number of hydrogen-bond donors (Lipinski definition) is 2. The molecule has 1 atom stereocenters. The molecule has 114 valence electrons. The van der Waals surface area contributed by atoms with E-state index in [0.29, 0.717) is 5.76 Å². The average Bonchev–Trinajstić information content (AvgIpc) is 3.09. The number of aliphatic hydroxyl groups excluding tert-OH is 1. The monoisotopic (exact) mass is 299 g/mol. The first-order valence-electron chi connectivity index (χ1n) is 7.00. The third-order valence-electron chi connectivity index (χ3n) is 3.60. The maximum Gasteiger partial charge on any atom is 0.273 e. The summed E-state index contributed by atoms with van der Waals surface area (Å²) in [6, 6.07) is 9.38. The highest BCUT2D eigenvalue weighted by atomic mass is 16.5. The third kappa shape index (κ3) is 2.60. The van der Waals surface area contributed by atoms with E-state index in [-0.39, 0.29) is 18.1 Å². The van der Waals surface area contributed by atoms with Gasteiger partial charge in [-0.15, -0.1) is 0 Å². The summed E-state index contributed by atoms with van der Waals surface area (Å²) < 4.78 is 6.82. The number of amides is 1. The molecule has 3 aromatic rings. The van der Waals surface area contributed by atoms with Gasteiger partial charge in [-0.3, -0.25) is 4.79 Å². The van der Waals surface area contributed by atoms with Gasteiger partial charge in [-0.1, -0.05) is 23.4 Å². The Hall–Kier alpha value is -2.60. The summed E-state index contributed by atoms with van der Waals surface area (Å²) in [5.41, 5.74) is 2.03. The van der Waals surface area contributed by atoms with Crippen LogP contribution >= 0.6 is 0 Å². The van der Waals surface area contributed by atoms with E-state index in [1.807, 2.05) is 42.1 Å². The van der Waals surface area contributed by atoms with E-state index in [1.54, 1.807) is 13.0 Å². The van der Waals surface area contributed by atoms with Crippen LogP contribution < -0.4 is 5.32 Å². The van der Waals surface area contributed by atoms with Crippen molar-refractivity contribution >= 4 is 16.8 Å². The molecule has 0 bridgehead atoms. The molecule has 22 heavy (non-hydrogen) atoms. The minimum absolute atomic E-state index is 0.110. The zero-order valence-corrected chi connectivity index (χ0v) is 12.4. The van der Waals surface area contributed by atoms with Gasteiger partial charge in [0.15, 0.2) is 5.69 Å². The molecule has 0 saturated heterocycles. The summed E-state index contributed by atoms with van der Waals surface area (Å²) in [7, 11) is 1.93. The number of fused-ring (bicyclic) bond motifs is 1. The van der Waals surface area contributed by atoms with Crippen molar-refractivity contribution < 1.29 is 14.4 Å². The lowest BCUT2D eigenvalue weighted by atomic mass is 10.1. The number of nitrogens with one attached hydrogen (secondary N) is 1. The lowest BCUT2D eigenvalue weighted by Gasteiger charge is -2.10. The number of rotatable bonds is 4. The predicted molar refractivity (Wildman–Crippen MR) is 81.5 cm³/mol. The van der Waals surface area contributed by atoms with Crippen LogP contribution in [0.25, 0.3) is 10.9 Å². The lowest BCUT2D eigenvalue weighted by Crippen LogP contribution is -2.28. The Morgan fingerprint density at radius 2 is 2.23 bits per heavy atom. The van der Waals surface area contributed by atoms with Crippen LogP contribution in [0.1, 0.15) is 27.9 Å². The first-order valence-corrected chi connectivity index (χ1v) is 7.00. The van der Waals surface area contributed by atoms with Crippen LogP contribution in [0.4, 0.5) is 0 Å². The summed E-state index contributed by atoms with van der Waals surface area (Å²) in [5.74, 6) is 0.205. The first-order chi connectivity index (χ1) is 10.6. The summed E-state index contributed by atoms with van der Waals surface area (Å²) in [6.45, 7) is 1.83. The number of aromatic nitrogens is 2. The number of nitrogens with zero attached hydrogens (tertiary/aromatic N) is 2. The normalized spacial score (nSPS) is 12.5. The number of aliphatic hydroxyl groups is 1. The smallest absolute Gasteiger partial charge is 0.273 e. The van der Waals surface area contributed by atoms with Gasteiger partial charge in [0, 0.05) is 42.3 Å². The molecule has 6 heteroatoms. The van der Waals surface area contributed by atoms with E-state index >= 15 is 0 Å². The second-order valence-electron chi connectivity index (χ2n) is 5.26. The Balaban J connectivity index is 1.74. The summed E-state index contributed by atoms with van der Waals surface area (Å²) in [4.78, 5) is 11.9. The standard InChI is InChI=1S/C16H17N3O3/c1-10-7-13(18-22-10)16(21)17-8-15(20)12-9-19(2)14-6-4-3-5-11(12)14/h3-7,9,15,20H,8H2,1-2H3,(H,17,21). The number of carbonyl (C=O) groups is 1. The van der Waals surface area contributed by atoms with Crippen molar-refractivity contribution in [3.05, 3.63) is 53.5 Å². The van der Waals surface area contributed by atoms with Gasteiger partial charge < -0.3 is 19.5 Å². The van der Waals surface area contributed by atoms with Crippen molar-refractivity contribution in [1.82, 2.24) is 15.0 Å². The van der Waals surface area contributed by atoms with Gasteiger partial charge in [-0.25, -0.2) is 0 Å². The maximum atomic E-state index is 11.9. The van der Waals surface area contributed by atoms with Crippen LogP contribution in [0.15, 0.2) is 41.1 Å². The van der Waals surface area contributed by atoms with Crippen LogP contribution in [0, 0.1) is 6.92 Å².